The van der Waals surface area contributed by atoms with Gasteiger partial charge in [-0.15, -0.1) is 0 Å². The van der Waals surface area contributed by atoms with Crippen molar-refractivity contribution < 1.29 is 21.5 Å². The molecule has 0 bridgehead atoms. The number of hydrogen-bond acceptors (Lipinski definition) is 5. The number of β-amino-alcohol motifs (C(OH)–C–C–N with tert-alkyl or cyclic N) is 1. The Morgan fingerprint density at radius 3 is 2.67 bits per heavy atom. The molecule has 0 radical (unpaired) electrons. The zero-order valence-corrected chi connectivity index (χ0v) is 6.29. The zero-order valence-electron chi connectivity index (χ0n) is 7.29. The maximum Gasteiger partial charge on any atom is 0.248 e. The summed E-state index contributed by atoms with van der Waals surface area (Å²) in [7, 11) is 0. The predicted molar refractivity (Wildman–Crippen MR) is 39.0 cm³/mol. The first kappa shape index (κ1) is 7.93. The molecule has 1 aliphatic heterocycles. The second kappa shape index (κ2) is 3.36. The van der Waals surface area contributed by atoms with Gasteiger partial charge in [-0.25, -0.2) is 0 Å². The van der Waals surface area contributed by atoms with Crippen molar-refractivity contribution in [2.45, 2.75) is 24.4 Å². The average molecular weight is 177 g/mol. The molecular formula is C6H12N2O4. The van der Waals surface area contributed by atoms with E-state index in [0.29, 0.717) is 0 Å². The fourth-order valence-electron chi connectivity index (χ4n) is 1.13. The number of primary amides is 1. The van der Waals surface area contributed by atoms with Crippen molar-refractivity contribution in [2.75, 3.05) is 6.54 Å². The number of amides is 1. The van der Waals surface area contributed by atoms with Crippen molar-refractivity contribution in [3.8, 4) is 0 Å². The molecule has 0 spiro atoms. The highest BCUT2D eigenvalue weighted by Crippen LogP contribution is 2.10. The summed E-state index contributed by atoms with van der Waals surface area (Å²) in [5, 5.41) is 28.3. The molecule has 1 fully saturated rings. The van der Waals surface area contributed by atoms with Crippen molar-refractivity contribution in [3.05, 3.63) is 0 Å². The van der Waals surface area contributed by atoms with Crippen molar-refractivity contribution in [2.24, 2.45) is 5.73 Å². The van der Waals surface area contributed by atoms with E-state index < -0.39 is 30.3 Å². The van der Waals surface area contributed by atoms with Crippen LogP contribution in [0.5, 0.6) is 0 Å². The molecule has 0 aromatic carbocycles. The fraction of sp³-hybridized carbons (Fsp3) is 0.833. The van der Waals surface area contributed by atoms with Crippen molar-refractivity contribution in [1.82, 2.24) is 5.31 Å². The minimum Gasteiger partial charge on any atom is -0.389 e. The molecule has 1 heterocycles. The Morgan fingerprint density at radius 1 is 1.75 bits per heavy atom. The van der Waals surface area contributed by atoms with Gasteiger partial charge in [0.15, 0.2) is 0 Å². The summed E-state index contributed by atoms with van der Waals surface area (Å²) in [5.41, 5.74) is 4.79. The highest BCUT2D eigenvalue weighted by atomic mass is 16.3. The normalized spacial score (nSPS) is 40.9. The molecule has 12 heavy (non-hydrogen) atoms. The molecule has 1 aliphatic rings. The number of nitrogens with one attached hydrogen (secondary N) is 1. The minimum atomic E-state index is -1.63. The topological polar surface area (TPSA) is 116 Å². The quantitative estimate of drug-likeness (QED) is 0.300. The smallest absolute Gasteiger partial charge is 0.248 e. The standard InChI is InChI=1S/C6H12N2O4/c7-6(12)5(11)3-4(10)2(9)1-8-3/h2-5,8-11H,1H2,(H2,7,12)/t2-,3-,4-,5-/m1/s1/i/hD. The lowest BCUT2D eigenvalue weighted by molar-refractivity contribution is -0.129. The minimum absolute atomic E-state index is 0.115. The van der Waals surface area contributed by atoms with E-state index in [0.717, 1.165) is 5.31 Å². The van der Waals surface area contributed by atoms with E-state index in [4.69, 9.17) is 12.3 Å². The summed E-state index contributed by atoms with van der Waals surface area (Å²) in [5.74, 6) is -1.02. The first-order valence-electron chi connectivity index (χ1n) is 3.99. The number of aliphatic hydroxyl groups excluding tert-OH is 3. The van der Waals surface area contributed by atoms with Crippen LogP contribution in [0.2, 0.25) is 1.41 Å². The van der Waals surface area contributed by atoms with Crippen molar-refractivity contribution in [1.29, 1.82) is 0 Å². The molecule has 0 unspecified atom stereocenters. The lowest BCUT2D eigenvalue weighted by Gasteiger charge is -2.19. The van der Waals surface area contributed by atoms with Gasteiger partial charge in [0, 0.05) is 6.54 Å². The maximum absolute atomic E-state index is 10.6. The van der Waals surface area contributed by atoms with Crippen molar-refractivity contribution in [3.63, 3.8) is 0 Å². The third-order valence-electron chi connectivity index (χ3n) is 1.86. The highest BCUT2D eigenvalue weighted by molar-refractivity contribution is 5.79. The molecule has 4 atom stereocenters. The van der Waals surface area contributed by atoms with Gasteiger partial charge >= 0.3 is 0 Å². The number of rotatable bonds is 2. The summed E-state index contributed by atoms with van der Waals surface area (Å²) < 4.78 is 7.22. The van der Waals surface area contributed by atoms with E-state index in [-0.39, 0.29) is 6.54 Å². The van der Waals surface area contributed by atoms with Gasteiger partial charge < -0.3 is 26.4 Å². The average Bonchev–Trinajstić information content (AvgIpc) is 2.26. The van der Waals surface area contributed by atoms with E-state index >= 15 is 0 Å². The van der Waals surface area contributed by atoms with Crippen LogP contribution in [0.4, 0.5) is 0 Å². The van der Waals surface area contributed by atoms with Crippen LogP contribution in [0.1, 0.15) is 0 Å². The molecule has 1 rings (SSSR count). The molecule has 1 saturated heterocycles. The molecule has 0 aromatic heterocycles. The molecule has 0 aromatic rings. The van der Waals surface area contributed by atoms with Gasteiger partial charge in [0.2, 0.25) is 5.91 Å². The summed E-state index contributed by atoms with van der Waals surface area (Å²) in [6.07, 6.45) is -4.08. The predicted octanol–water partition coefficient (Wildman–Crippen LogP) is -3.47. The third-order valence-corrected chi connectivity index (χ3v) is 1.86. The summed E-state index contributed by atoms with van der Waals surface area (Å²) in [6.45, 7) is -0.115. The largest absolute Gasteiger partial charge is 0.389 e. The van der Waals surface area contributed by atoms with Gasteiger partial charge in [0.1, 0.15) is 7.52 Å². The Labute approximate surface area is 70.5 Å². The molecule has 6 nitrogen and oxygen atoms in total. The molecule has 1 amide bonds. The van der Waals surface area contributed by atoms with Crippen LogP contribution >= 0.6 is 0 Å². The van der Waals surface area contributed by atoms with Gasteiger partial charge in [0.05, 0.1) is 18.2 Å². The maximum atomic E-state index is 10.6. The van der Waals surface area contributed by atoms with Crippen LogP contribution in [0.3, 0.4) is 0 Å². The van der Waals surface area contributed by atoms with Crippen LogP contribution in [-0.2, 0) is 4.79 Å². The van der Waals surface area contributed by atoms with E-state index in [2.05, 4.69) is 0 Å². The summed E-state index contributed by atoms with van der Waals surface area (Å²) in [4.78, 5) is 10.6. The van der Waals surface area contributed by atoms with Crippen LogP contribution in [0, 0.1) is 0 Å². The molecule has 6 heteroatoms. The van der Waals surface area contributed by atoms with Gasteiger partial charge in [-0.1, -0.05) is 0 Å². The summed E-state index contributed by atoms with van der Waals surface area (Å²) in [6, 6.07) is -1.15. The second-order valence-corrected chi connectivity index (χ2v) is 2.76. The van der Waals surface area contributed by atoms with E-state index in [1.165, 1.54) is 0 Å². The van der Waals surface area contributed by atoms with Gasteiger partial charge in [-0.3, -0.25) is 4.79 Å². The van der Waals surface area contributed by atoms with Crippen LogP contribution in [-0.4, -0.2) is 52.1 Å². The fourth-order valence-corrected chi connectivity index (χ4v) is 1.13. The SMILES string of the molecule is [2H]N1C[C@@H](O)[C@@H](O)[C@@H]1[C@@H](O)C(N)=O. The molecule has 70 valence electrons. The van der Waals surface area contributed by atoms with Crippen LogP contribution < -0.4 is 11.0 Å². The molecule has 0 saturated carbocycles. The second-order valence-electron chi connectivity index (χ2n) is 2.76. The van der Waals surface area contributed by atoms with E-state index in [1.807, 2.05) is 0 Å². The number of carbonyl (C=O) groups excluding carboxylic acids is 1. The third kappa shape index (κ3) is 1.56. The van der Waals surface area contributed by atoms with Crippen LogP contribution in [0.15, 0.2) is 0 Å². The van der Waals surface area contributed by atoms with Gasteiger partial charge in [0.25, 0.3) is 0 Å². The number of aliphatic hydroxyl groups is 3. The van der Waals surface area contributed by atoms with E-state index in [9.17, 15) is 15.0 Å². The monoisotopic (exact) mass is 177 g/mol. The zero-order chi connectivity index (χ0) is 10.2. The number of nitrogens with two attached hydrogens (primary N) is 1. The van der Waals surface area contributed by atoms with Gasteiger partial charge in [-0.05, 0) is 0 Å². The number of hydrogen-bond donors (Lipinski definition) is 5. The first-order chi connectivity index (χ1) is 5.95. The highest BCUT2D eigenvalue weighted by Gasteiger charge is 2.39. The Hall–Kier alpha value is -0.690. The van der Waals surface area contributed by atoms with Crippen LogP contribution in [0.25, 0.3) is 0 Å². The lowest BCUT2D eigenvalue weighted by atomic mass is 10.1. The summed E-state index contributed by atoms with van der Waals surface area (Å²) >= 11 is 0. The number of carbonyl (C=O) groups is 1. The Balaban J connectivity index is 2.73. The Morgan fingerprint density at radius 2 is 2.33 bits per heavy atom. The molecular weight excluding hydrogens is 164 g/mol. The molecule has 0 aliphatic carbocycles. The van der Waals surface area contributed by atoms with E-state index in [1.54, 1.807) is 0 Å². The lowest BCUT2D eigenvalue weighted by Crippen LogP contribution is -2.49. The molecule has 6 N–H and O–H groups in total. The Bertz CT molecular complexity index is 215. The first-order valence-corrected chi connectivity index (χ1v) is 3.54. The van der Waals surface area contributed by atoms with Gasteiger partial charge in [-0.2, -0.15) is 0 Å². The van der Waals surface area contributed by atoms with Crippen molar-refractivity contribution >= 4 is 5.91 Å². The Kier molecular flexibility index (Phi) is 2.22.